The molecule has 0 bridgehead atoms. The quantitative estimate of drug-likeness (QED) is 0.779. The summed E-state index contributed by atoms with van der Waals surface area (Å²) in [6.45, 7) is 5.83. The summed E-state index contributed by atoms with van der Waals surface area (Å²) < 4.78 is 0. The number of aryl methyl sites for hydroxylation is 1. The second kappa shape index (κ2) is 8.91. The SMILES string of the molecule is Cc1ccc(C(C)NCC2CCCCC2)cncc(CN)[nH]1. The first-order valence-electron chi connectivity index (χ1n) is 8.50. The highest BCUT2D eigenvalue weighted by atomic mass is 14.9. The van der Waals surface area contributed by atoms with E-state index in [9.17, 15) is 0 Å². The predicted octanol–water partition coefficient (Wildman–Crippen LogP) is 3.53. The van der Waals surface area contributed by atoms with Gasteiger partial charge in [-0.1, -0.05) is 25.3 Å². The van der Waals surface area contributed by atoms with Gasteiger partial charge in [-0.15, -0.1) is 0 Å². The summed E-state index contributed by atoms with van der Waals surface area (Å²) >= 11 is 0. The van der Waals surface area contributed by atoms with E-state index < -0.39 is 0 Å². The predicted molar refractivity (Wildman–Crippen MR) is 91.8 cm³/mol. The number of nitrogens with zero attached hydrogens (tertiary/aromatic N) is 1. The molecule has 1 aromatic rings. The Labute approximate surface area is 134 Å². The molecule has 122 valence electrons. The lowest BCUT2D eigenvalue weighted by Crippen LogP contribution is -2.27. The molecule has 2 rings (SSSR count). The Morgan fingerprint density at radius 2 is 2.05 bits per heavy atom. The molecule has 0 radical (unpaired) electrons. The first-order valence-corrected chi connectivity index (χ1v) is 8.50. The number of nitrogens with two attached hydrogens (primary N) is 1. The molecule has 0 amide bonds. The number of hydrogen-bond acceptors (Lipinski definition) is 3. The van der Waals surface area contributed by atoms with E-state index in [1.807, 2.05) is 19.3 Å². The van der Waals surface area contributed by atoms with E-state index >= 15 is 0 Å². The summed E-state index contributed by atoms with van der Waals surface area (Å²) in [6, 6.07) is 4.54. The van der Waals surface area contributed by atoms with Gasteiger partial charge in [0.15, 0.2) is 0 Å². The van der Waals surface area contributed by atoms with Crippen LogP contribution in [-0.2, 0) is 6.54 Å². The van der Waals surface area contributed by atoms with Crippen LogP contribution in [0.15, 0.2) is 24.5 Å². The molecule has 1 heterocycles. The molecular formula is C18H30N4. The maximum atomic E-state index is 5.70. The van der Waals surface area contributed by atoms with Gasteiger partial charge in [-0.25, -0.2) is 0 Å². The first kappa shape index (κ1) is 17.0. The molecule has 22 heavy (non-hydrogen) atoms. The highest BCUT2D eigenvalue weighted by Gasteiger charge is 2.14. The van der Waals surface area contributed by atoms with E-state index in [0.29, 0.717) is 12.6 Å². The van der Waals surface area contributed by atoms with Crippen LogP contribution in [0.25, 0.3) is 0 Å². The van der Waals surface area contributed by atoms with Crippen molar-refractivity contribution < 1.29 is 0 Å². The molecule has 4 N–H and O–H groups in total. The first-order chi connectivity index (χ1) is 10.7. The summed E-state index contributed by atoms with van der Waals surface area (Å²) in [6.07, 6.45) is 10.7. The molecule has 1 unspecified atom stereocenters. The number of aromatic amines is 1. The zero-order valence-corrected chi connectivity index (χ0v) is 13.9. The molecule has 1 fully saturated rings. The average Bonchev–Trinajstić information content (AvgIpc) is 2.64. The minimum Gasteiger partial charge on any atom is -0.360 e. The summed E-state index contributed by atoms with van der Waals surface area (Å²) in [7, 11) is 0. The molecule has 0 aliphatic heterocycles. The van der Waals surface area contributed by atoms with Crippen LogP contribution in [0.3, 0.4) is 0 Å². The van der Waals surface area contributed by atoms with Gasteiger partial charge in [0.25, 0.3) is 0 Å². The summed E-state index contributed by atoms with van der Waals surface area (Å²) in [4.78, 5) is 7.67. The van der Waals surface area contributed by atoms with E-state index in [2.05, 4.69) is 34.3 Å². The molecule has 1 aromatic heterocycles. The van der Waals surface area contributed by atoms with Gasteiger partial charge in [-0.3, -0.25) is 4.98 Å². The third-order valence-corrected chi connectivity index (χ3v) is 4.49. The zero-order valence-electron chi connectivity index (χ0n) is 13.9. The molecule has 0 aromatic carbocycles. The van der Waals surface area contributed by atoms with Crippen molar-refractivity contribution in [3.05, 3.63) is 41.5 Å². The van der Waals surface area contributed by atoms with Crippen molar-refractivity contribution in [2.24, 2.45) is 11.7 Å². The van der Waals surface area contributed by atoms with E-state index in [1.54, 1.807) is 0 Å². The van der Waals surface area contributed by atoms with Crippen LogP contribution in [0.2, 0.25) is 0 Å². The van der Waals surface area contributed by atoms with Crippen molar-refractivity contribution in [3.63, 3.8) is 0 Å². The van der Waals surface area contributed by atoms with Crippen LogP contribution < -0.4 is 11.1 Å². The van der Waals surface area contributed by atoms with Gasteiger partial charge in [0.2, 0.25) is 0 Å². The van der Waals surface area contributed by atoms with Gasteiger partial charge in [0.05, 0.1) is 0 Å². The number of nitrogens with one attached hydrogen (secondary N) is 2. The molecule has 0 saturated heterocycles. The van der Waals surface area contributed by atoms with Gasteiger partial charge >= 0.3 is 0 Å². The molecule has 1 aliphatic rings. The highest BCUT2D eigenvalue weighted by Crippen LogP contribution is 2.23. The smallest absolute Gasteiger partial charge is 0.0474 e. The van der Waals surface area contributed by atoms with E-state index in [1.165, 1.54) is 37.7 Å². The standard InChI is InChI=1S/C18H30N4/c1-14-8-9-17(12-20-13-18(10-19)22-14)15(2)21-11-16-6-4-3-5-7-16/h8-9,12-13,15-16,21-22H,3-7,10-11,19H2,1-2H3. The van der Waals surface area contributed by atoms with Crippen LogP contribution >= 0.6 is 0 Å². The molecule has 0 spiro atoms. The number of hydrogen-bond donors (Lipinski definition) is 3. The molecule has 4 heteroatoms. The topological polar surface area (TPSA) is 66.7 Å². The average molecular weight is 302 g/mol. The van der Waals surface area contributed by atoms with E-state index in [4.69, 9.17) is 5.73 Å². The Bertz CT molecular complexity index is 502. The maximum absolute atomic E-state index is 5.70. The second-order valence-corrected chi connectivity index (χ2v) is 6.41. The summed E-state index contributed by atoms with van der Waals surface area (Å²) in [5.74, 6) is 0.841. The molecule has 1 saturated carbocycles. The normalized spacial score (nSPS) is 17.0. The van der Waals surface area contributed by atoms with Crippen LogP contribution in [0.4, 0.5) is 0 Å². The second-order valence-electron chi connectivity index (χ2n) is 6.41. The molecule has 1 atom stereocenters. The fourth-order valence-corrected chi connectivity index (χ4v) is 3.02. The third kappa shape index (κ3) is 5.43. The van der Waals surface area contributed by atoms with Crippen molar-refractivity contribution >= 4 is 0 Å². The fraction of sp³-hybridized carbons (Fsp3) is 0.611. The minimum absolute atomic E-state index is 0.308. The molecule has 4 nitrogen and oxygen atoms in total. The number of rotatable bonds is 5. The third-order valence-electron chi connectivity index (χ3n) is 4.49. The van der Waals surface area contributed by atoms with Crippen molar-refractivity contribution in [1.29, 1.82) is 0 Å². The monoisotopic (exact) mass is 302 g/mol. The number of aromatic nitrogens is 2. The Morgan fingerprint density at radius 3 is 2.77 bits per heavy atom. The van der Waals surface area contributed by atoms with E-state index in [0.717, 1.165) is 23.9 Å². The Morgan fingerprint density at radius 1 is 1.27 bits per heavy atom. The molecular weight excluding hydrogens is 272 g/mol. The summed E-state index contributed by atoms with van der Waals surface area (Å²) in [5, 5.41) is 3.68. The lowest BCUT2D eigenvalue weighted by Gasteiger charge is -2.24. The fourth-order valence-electron chi connectivity index (χ4n) is 3.02. The lowest BCUT2D eigenvalue weighted by atomic mass is 9.89. The zero-order chi connectivity index (χ0) is 15.8. The maximum Gasteiger partial charge on any atom is 0.0474 e. The largest absolute Gasteiger partial charge is 0.360 e. The number of H-pyrrole nitrogens is 1. The Kier molecular flexibility index (Phi) is 6.87. The summed E-state index contributed by atoms with van der Waals surface area (Å²) in [5.41, 5.74) is 8.92. The van der Waals surface area contributed by atoms with Crippen molar-refractivity contribution in [2.75, 3.05) is 6.54 Å². The van der Waals surface area contributed by atoms with Gasteiger partial charge in [-0.2, -0.15) is 0 Å². The Balaban J connectivity index is 2.04. The minimum atomic E-state index is 0.308. The van der Waals surface area contributed by atoms with E-state index in [-0.39, 0.29) is 0 Å². The van der Waals surface area contributed by atoms with Crippen LogP contribution in [0, 0.1) is 12.8 Å². The van der Waals surface area contributed by atoms with Gasteiger partial charge < -0.3 is 16.0 Å². The lowest BCUT2D eigenvalue weighted by molar-refractivity contribution is 0.331. The van der Waals surface area contributed by atoms with Gasteiger partial charge in [0, 0.05) is 36.4 Å². The Hall–Kier alpha value is -1.39. The van der Waals surface area contributed by atoms with Crippen molar-refractivity contribution in [2.45, 2.75) is 58.5 Å². The van der Waals surface area contributed by atoms with Crippen LogP contribution in [-0.4, -0.2) is 16.5 Å². The van der Waals surface area contributed by atoms with Gasteiger partial charge in [0.1, 0.15) is 0 Å². The van der Waals surface area contributed by atoms with Crippen molar-refractivity contribution in [1.82, 2.24) is 15.3 Å². The molecule has 1 aliphatic carbocycles. The van der Waals surface area contributed by atoms with Crippen LogP contribution in [0.5, 0.6) is 0 Å². The van der Waals surface area contributed by atoms with Crippen LogP contribution in [0.1, 0.15) is 62.0 Å². The van der Waals surface area contributed by atoms with Crippen molar-refractivity contribution in [3.8, 4) is 0 Å². The van der Waals surface area contributed by atoms with Gasteiger partial charge in [-0.05, 0) is 50.8 Å². The highest BCUT2D eigenvalue weighted by molar-refractivity contribution is 5.14.